The highest BCUT2D eigenvalue weighted by Gasteiger charge is 2.15. The maximum Gasteiger partial charge on any atom is 0.306 e. The highest BCUT2D eigenvalue weighted by molar-refractivity contribution is 5.93. The van der Waals surface area contributed by atoms with Gasteiger partial charge in [-0.3, -0.25) is 9.59 Å². The topological polar surface area (TPSA) is 71.5 Å². The van der Waals surface area contributed by atoms with Crippen LogP contribution in [0.25, 0.3) is 0 Å². The molecule has 0 radical (unpaired) electrons. The summed E-state index contributed by atoms with van der Waals surface area (Å²) in [4.78, 5) is 29.6. The lowest BCUT2D eigenvalue weighted by molar-refractivity contribution is -0.141. The van der Waals surface area contributed by atoms with Crippen molar-refractivity contribution in [2.75, 3.05) is 30.4 Å². The summed E-state index contributed by atoms with van der Waals surface area (Å²) in [5.41, 5.74) is 1.47. The van der Waals surface area contributed by atoms with Crippen molar-refractivity contribution in [2.45, 2.75) is 32.6 Å². The number of methoxy groups -OCH3 is 1. The average Bonchev–Trinajstić information content (AvgIpc) is 3.01. The first-order valence-electron chi connectivity index (χ1n) is 7.19. The number of nitrogens with one attached hydrogen (secondary N) is 1. The second-order valence-electron chi connectivity index (χ2n) is 5.12. The van der Waals surface area contributed by atoms with Gasteiger partial charge in [0.25, 0.3) is 0 Å². The van der Waals surface area contributed by atoms with Gasteiger partial charge in [-0.25, -0.2) is 4.98 Å². The van der Waals surface area contributed by atoms with Crippen LogP contribution >= 0.6 is 0 Å². The lowest BCUT2D eigenvalue weighted by Gasteiger charge is -2.18. The highest BCUT2D eigenvalue weighted by atomic mass is 16.5. The summed E-state index contributed by atoms with van der Waals surface area (Å²) in [7, 11) is 1.31. The lowest BCUT2D eigenvalue weighted by Crippen LogP contribution is -2.20. The van der Waals surface area contributed by atoms with E-state index in [-0.39, 0.29) is 24.7 Å². The number of hydrogen-bond donors (Lipinski definition) is 1. The Bertz CT molecular complexity index is 525. The number of aryl methyl sites for hydroxylation is 1. The molecule has 1 fully saturated rings. The van der Waals surface area contributed by atoms with Crippen molar-refractivity contribution in [3.8, 4) is 0 Å². The van der Waals surface area contributed by atoms with Gasteiger partial charge >= 0.3 is 5.97 Å². The predicted molar refractivity (Wildman–Crippen MR) is 80.3 cm³/mol. The standard InChI is InChI=1S/C15H21N3O3/c1-11-12(17-14(19)7-8-15(20)21-2)5-6-13(16-11)18-9-3-4-10-18/h5-6H,3-4,7-10H2,1-2H3,(H,17,19). The zero-order valence-electron chi connectivity index (χ0n) is 12.5. The Hall–Kier alpha value is -2.11. The zero-order valence-corrected chi connectivity index (χ0v) is 12.5. The minimum absolute atomic E-state index is 0.0840. The summed E-state index contributed by atoms with van der Waals surface area (Å²) >= 11 is 0. The van der Waals surface area contributed by atoms with Gasteiger partial charge in [0.1, 0.15) is 5.82 Å². The average molecular weight is 291 g/mol. The van der Waals surface area contributed by atoms with E-state index in [4.69, 9.17) is 0 Å². The lowest BCUT2D eigenvalue weighted by atomic mass is 10.2. The molecule has 21 heavy (non-hydrogen) atoms. The van der Waals surface area contributed by atoms with Crippen LogP contribution < -0.4 is 10.2 Å². The van der Waals surface area contributed by atoms with Gasteiger partial charge in [0.05, 0.1) is 24.9 Å². The van der Waals surface area contributed by atoms with Crippen molar-refractivity contribution in [1.82, 2.24) is 4.98 Å². The highest BCUT2D eigenvalue weighted by Crippen LogP contribution is 2.22. The summed E-state index contributed by atoms with van der Waals surface area (Å²) in [6.07, 6.45) is 2.60. The van der Waals surface area contributed by atoms with Gasteiger partial charge in [0, 0.05) is 19.5 Å². The van der Waals surface area contributed by atoms with Gasteiger partial charge in [0.15, 0.2) is 0 Å². The largest absolute Gasteiger partial charge is 0.469 e. The summed E-state index contributed by atoms with van der Waals surface area (Å²) in [5.74, 6) is 0.362. The van der Waals surface area contributed by atoms with E-state index in [0.29, 0.717) is 5.69 Å². The van der Waals surface area contributed by atoms with Crippen molar-refractivity contribution < 1.29 is 14.3 Å². The van der Waals surface area contributed by atoms with Crippen molar-refractivity contribution in [1.29, 1.82) is 0 Å². The van der Waals surface area contributed by atoms with Crippen molar-refractivity contribution >= 4 is 23.4 Å². The SMILES string of the molecule is COC(=O)CCC(=O)Nc1ccc(N2CCCC2)nc1C. The molecule has 1 aliphatic heterocycles. The Morgan fingerprint density at radius 2 is 2.00 bits per heavy atom. The smallest absolute Gasteiger partial charge is 0.306 e. The molecule has 6 heteroatoms. The van der Waals surface area contributed by atoms with Crippen LogP contribution in [0, 0.1) is 6.92 Å². The molecule has 114 valence electrons. The molecule has 0 unspecified atom stereocenters. The first-order valence-corrected chi connectivity index (χ1v) is 7.19. The van der Waals surface area contributed by atoms with E-state index < -0.39 is 0 Å². The number of esters is 1. The molecule has 0 bridgehead atoms. The van der Waals surface area contributed by atoms with Crippen LogP contribution in [0.1, 0.15) is 31.4 Å². The number of amides is 1. The van der Waals surface area contributed by atoms with Crippen LogP contribution in [-0.2, 0) is 14.3 Å². The number of anilines is 2. The van der Waals surface area contributed by atoms with Crippen LogP contribution in [0.4, 0.5) is 11.5 Å². The molecule has 1 saturated heterocycles. The Balaban J connectivity index is 1.94. The van der Waals surface area contributed by atoms with E-state index in [1.54, 1.807) is 0 Å². The van der Waals surface area contributed by atoms with Gasteiger partial charge < -0.3 is 15.0 Å². The number of rotatable bonds is 5. The van der Waals surface area contributed by atoms with E-state index in [9.17, 15) is 9.59 Å². The van der Waals surface area contributed by atoms with Crippen molar-refractivity contribution in [3.63, 3.8) is 0 Å². The van der Waals surface area contributed by atoms with Crippen LogP contribution in [-0.4, -0.2) is 37.1 Å². The molecule has 2 rings (SSSR count). The third-order valence-electron chi connectivity index (χ3n) is 3.56. The Morgan fingerprint density at radius 3 is 2.62 bits per heavy atom. The van der Waals surface area contributed by atoms with E-state index >= 15 is 0 Å². The Labute approximate surface area is 124 Å². The third kappa shape index (κ3) is 4.18. The molecule has 0 aliphatic carbocycles. The molecule has 6 nitrogen and oxygen atoms in total. The number of aromatic nitrogens is 1. The number of pyridine rings is 1. The molecule has 1 N–H and O–H groups in total. The summed E-state index contributed by atoms with van der Waals surface area (Å²) in [6.45, 7) is 3.95. The number of hydrogen-bond acceptors (Lipinski definition) is 5. The second kappa shape index (κ2) is 7.06. The molecule has 0 atom stereocenters. The quantitative estimate of drug-likeness (QED) is 0.839. The number of carbonyl (C=O) groups is 2. The van der Waals surface area contributed by atoms with Crippen LogP contribution in [0.5, 0.6) is 0 Å². The molecule has 1 amide bonds. The van der Waals surface area contributed by atoms with E-state index in [0.717, 1.165) is 24.6 Å². The van der Waals surface area contributed by atoms with Crippen LogP contribution in [0.2, 0.25) is 0 Å². The number of nitrogens with zero attached hydrogens (tertiary/aromatic N) is 2. The minimum atomic E-state index is -0.385. The zero-order chi connectivity index (χ0) is 15.2. The maximum absolute atomic E-state index is 11.8. The summed E-state index contributed by atoms with van der Waals surface area (Å²) in [6, 6.07) is 3.79. The van der Waals surface area contributed by atoms with E-state index in [2.05, 4.69) is 19.9 Å². The monoisotopic (exact) mass is 291 g/mol. The Kier molecular flexibility index (Phi) is 5.14. The fraction of sp³-hybridized carbons (Fsp3) is 0.533. The number of ether oxygens (including phenoxy) is 1. The summed E-state index contributed by atoms with van der Waals surface area (Å²) in [5, 5.41) is 2.78. The molecule has 1 aromatic rings. The maximum atomic E-state index is 11.8. The molecule has 0 aromatic carbocycles. The van der Waals surface area contributed by atoms with Gasteiger partial charge in [0.2, 0.25) is 5.91 Å². The van der Waals surface area contributed by atoms with E-state index in [1.165, 1.54) is 20.0 Å². The molecule has 0 saturated carbocycles. The molecule has 1 aliphatic rings. The summed E-state index contributed by atoms with van der Waals surface area (Å²) < 4.78 is 4.51. The third-order valence-corrected chi connectivity index (χ3v) is 3.56. The molecule has 2 heterocycles. The van der Waals surface area contributed by atoms with Crippen molar-refractivity contribution in [3.05, 3.63) is 17.8 Å². The fourth-order valence-electron chi connectivity index (χ4n) is 2.33. The van der Waals surface area contributed by atoms with E-state index in [1.807, 2.05) is 19.1 Å². The van der Waals surface area contributed by atoms with Crippen LogP contribution in [0.3, 0.4) is 0 Å². The second-order valence-corrected chi connectivity index (χ2v) is 5.12. The fourth-order valence-corrected chi connectivity index (χ4v) is 2.33. The first kappa shape index (κ1) is 15.3. The minimum Gasteiger partial charge on any atom is -0.469 e. The van der Waals surface area contributed by atoms with Crippen molar-refractivity contribution in [2.24, 2.45) is 0 Å². The first-order chi connectivity index (χ1) is 10.1. The molecular formula is C15H21N3O3. The Morgan fingerprint density at radius 1 is 1.29 bits per heavy atom. The van der Waals surface area contributed by atoms with Crippen LogP contribution in [0.15, 0.2) is 12.1 Å². The van der Waals surface area contributed by atoms with Gasteiger partial charge in [-0.2, -0.15) is 0 Å². The normalized spacial score (nSPS) is 14.1. The molecular weight excluding hydrogens is 270 g/mol. The molecule has 0 spiro atoms. The number of carbonyl (C=O) groups excluding carboxylic acids is 2. The van der Waals surface area contributed by atoms with Gasteiger partial charge in [-0.1, -0.05) is 0 Å². The molecule has 1 aromatic heterocycles. The predicted octanol–water partition coefficient (Wildman–Crippen LogP) is 1.88. The van der Waals surface area contributed by atoms with Gasteiger partial charge in [-0.15, -0.1) is 0 Å². The van der Waals surface area contributed by atoms with Gasteiger partial charge in [-0.05, 0) is 31.9 Å².